The number of ether oxygens (including phenoxy) is 1. The van der Waals surface area contributed by atoms with Gasteiger partial charge in [0, 0.05) is 6.54 Å². The fourth-order valence-corrected chi connectivity index (χ4v) is 3.48. The molecular weight excluding hydrogens is 268 g/mol. The maximum atomic E-state index is 12.8. The summed E-state index contributed by atoms with van der Waals surface area (Å²) in [6.07, 6.45) is 6.39. The Morgan fingerprint density at radius 3 is 3.10 bits per heavy atom. The number of nitrogens with zero attached hydrogens (tertiary/aromatic N) is 2. The summed E-state index contributed by atoms with van der Waals surface area (Å²) in [5.74, 6) is -0.0497. The van der Waals surface area contributed by atoms with Crippen LogP contribution in [0.4, 0.5) is 5.69 Å². The molecule has 6 heteroatoms. The van der Waals surface area contributed by atoms with Crippen LogP contribution in [-0.4, -0.2) is 46.3 Å². The highest BCUT2D eigenvalue weighted by Gasteiger charge is 2.38. The van der Waals surface area contributed by atoms with Gasteiger partial charge in [0.05, 0.1) is 30.1 Å². The van der Waals surface area contributed by atoms with Gasteiger partial charge in [-0.3, -0.25) is 9.89 Å². The zero-order valence-electron chi connectivity index (χ0n) is 12.6. The Hall–Kier alpha value is -1.56. The van der Waals surface area contributed by atoms with Crippen molar-refractivity contribution >= 4 is 11.6 Å². The highest BCUT2D eigenvalue weighted by Crippen LogP contribution is 2.30. The first-order chi connectivity index (χ1) is 10.2. The number of nitrogens with two attached hydrogens (primary N) is 1. The van der Waals surface area contributed by atoms with Crippen LogP contribution in [0.1, 0.15) is 55.2 Å². The van der Waals surface area contributed by atoms with Crippen LogP contribution >= 0.6 is 0 Å². The van der Waals surface area contributed by atoms with Crippen molar-refractivity contribution in [3.63, 3.8) is 0 Å². The number of fused-ring (bicyclic) bond motifs is 1. The first-order valence-corrected chi connectivity index (χ1v) is 7.97. The van der Waals surface area contributed by atoms with Crippen molar-refractivity contribution in [2.24, 2.45) is 0 Å². The number of hydrogen-bond acceptors (Lipinski definition) is 4. The predicted molar refractivity (Wildman–Crippen MR) is 80.0 cm³/mol. The van der Waals surface area contributed by atoms with Crippen molar-refractivity contribution < 1.29 is 9.53 Å². The zero-order valence-corrected chi connectivity index (χ0v) is 12.6. The van der Waals surface area contributed by atoms with Crippen LogP contribution in [0.5, 0.6) is 0 Å². The molecule has 1 amide bonds. The molecule has 3 rings (SSSR count). The Balaban J connectivity index is 1.80. The third-order valence-corrected chi connectivity index (χ3v) is 4.58. The number of morpholine rings is 1. The van der Waals surface area contributed by atoms with Crippen molar-refractivity contribution in [2.75, 3.05) is 18.9 Å². The van der Waals surface area contributed by atoms with E-state index in [1.165, 1.54) is 6.42 Å². The minimum Gasteiger partial charge on any atom is -0.395 e. The topological polar surface area (TPSA) is 84.2 Å². The molecule has 6 nitrogen and oxygen atoms in total. The van der Waals surface area contributed by atoms with Crippen LogP contribution in [0, 0.1) is 0 Å². The monoisotopic (exact) mass is 292 g/mol. The predicted octanol–water partition coefficient (Wildman–Crippen LogP) is 1.73. The molecule has 1 aliphatic carbocycles. The average Bonchev–Trinajstić information content (AvgIpc) is 2.88. The Labute approximate surface area is 125 Å². The van der Waals surface area contributed by atoms with Crippen LogP contribution in [-0.2, 0) is 11.2 Å². The Kier molecular flexibility index (Phi) is 4.14. The minimum atomic E-state index is -0.0497. The van der Waals surface area contributed by atoms with E-state index in [1.54, 1.807) is 0 Å². The van der Waals surface area contributed by atoms with Gasteiger partial charge in [-0.25, -0.2) is 0 Å². The quantitative estimate of drug-likeness (QED) is 0.888. The van der Waals surface area contributed by atoms with Crippen LogP contribution in [0.2, 0.25) is 0 Å². The normalized spacial score (nSPS) is 25.7. The Bertz CT molecular complexity index is 512. The Morgan fingerprint density at radius 2 is 2.29 bits per heavy atom. The van der Waals surface area contributed by atoms with Crippen molar-refractivity contribution in [2.45, 2.75) is 57.6 Å². The summed E-state index contributed by atoms with van der Waals surface area (Å²) in [5, 5.41) is 7.08. The van der Waals surface area contributed by atoms with E-state index in [0.29, 0.717) is 24.5 Å². The summed E-state index contributed by atoms with van der Waals surface area (Å²) < 4.78 is 5.82. The van der Waals surface area contributed by atoms with Crippen molar-refractivity contribution in [1.29, 1.82) is 0 Å². The molecule has 1 aromatic rings. The number of aromatic amines is 1. The first-order valence-electron chi connectivity index (χ1n) is 7.97. The minimum absolute atomic E-state index is 0.0497. The van der Waals surface area contributed by atoms with Gasteiger partial charge in [-0.15, -0.1) is 0 Å². The molecule has 0 aromatic carbocycles. The smallest absolute Gasteiger partial charge is 0.276 e. The molecule has 1 aliphatic heterocycles. The van der Waals surface area contributed by atoms with Crippen LogP contribution < -0.4 is 5.73 Å². The highest BCUT2D eigenvalue weighted by atomic mass is 16.5. The number of aryl methyl sites for hydroxylation is 1. The molecule has 0 bridgehead atoms. The zero-order chi connectivity index (χ0) is 14.8. The van der Waals surface area contributed by atoms with E-state index in [4.69, 9.17) is 10.5 Å². The molecule has 21 heavy (non-hydrogen) atoms. The molecule has 2 unspecified atom stereocenters. The second-order valence-corrected chi connectivity index (χ2v) is 5.97. The van der Waals surface area contributed by atoms with Crippen molar-refractivity contribution in [1.82, 2.24) is 15.1 Å². The van der Waals surface area contributed by atoms with Crippen molar-refractivity contribution in [3.8, 4) is 0 Å². The third kappa shape index (κ3) is 2.64. The van der Waals surface area contributed by atoms with Gasteiger partial charge in [-0.2, -0.15) is 5.10 Å². The number of rotatable bonds is 3. The molecule has 116 valence electrons. The first kappa shape index (κ1) is 14.4. The summed E-state index contributed by atoms with van der Waals surface area (Å²) in [6, 6.07) is 0.186. The maximum Gasteiger partial charge on any atom is 0.276 e. The summed E-state index contributed by atoms with van der Waals surface area (Å²) >= 11 is 0. The summed E-state index contributed by atoms with van der Waals surface area (Å²) in [6.45, 7) is 3.32. The Morgan fingerprint density at radius 1 is 1.48 bits per heavy atom. The van der Waals surface area contributed by atoms with E-state index in [9.17, 15) is 4.79 Å². The molecule has 2 heterocycles. The van der Waals surface area contributed by atoms with E-state index in [-0.39, 0.29) is 18.1 Å². The van der Waals surface area contributed by atoms with E-state index in [2.05, 4.69) is 17.1 Å². The van der Waals surface area contributed by atoms with Crippen LogP contribution in [0.15, 0.2) is 0 Å². The van der Waals surface area contributed by atoms with Gasteiger partial charge in [0.25, 0.3) is 5.91 Å². The SMILES string of the molecule is CCCc1[nH]nc(C(=O)N2CCOC3CCCCC32)c1N. The second-order valence-electron chi connectivity index (χ2n) is 5.97. The van der Waals surface area contributed by atoms with Gasteiger partial charge in [0.2, 0.25) is 0 Å². The molecule has 2 fully saturated rings. The third-order valence-electron chi connectivity index (χ3n) is 4.58. The molecule has 2 aliphatic rings. The lowest BCUT2D eigenvalue weighted by atomic mass is 9.90. The van der Waals surface area contributed by atoms with E-state index in [1.807, 2.05) is 4.90 Å². The average molecular weight is 292 g/mol. The number of H-pyrrole nitrogens is 1. The van der Waals surface area contributed by atoms with E-state index in [0.717, 1.165) is 37.8 Å². The van der Waals surface area contributed by atoms with Gasteiger partial charge in [0.1, 0.15) is 0 Å². The highest BCUT2D eigenvalue weighted by molar-refractivity contribution is 5.98. The van der Waals surface area contributed by atoms with Crippen LogP contribution in [0.25, 0.3) is 0 Å². The number of aromatic nitrogens is 2. The van der Waals surface area contributed by atoms with Gasteiger partial charge in [-0.05, 0) is 19.3 Å². The molecule has 2 atom stereocenters. The number of hydrogen-bond donors (Lipinski definition) is 2. The van der Waals surface area contributed by atoms with Gasteiger partial charge in [-0.1, -0.05) is 26.2 Å². The van der Waals surface area contributed by atoms with E-state index < -0.39 is 0 Å². The number of nitrogen functional groups attached to an aromatic ring is 1. The molecule has 0 radical (unpaired) electrons. The standard InChI is InChI=1S/C15H24N4O2/c1-2-5-10-13(16)14(18-17-10)15(20)19-8-9-21-12-7-4-3-6-11(12)19/h11-12H,2-9,16H2,1H3,(H,17,18). The molecule has 1 saturated carbocycles. The molecule has 3 N–H and O–H groups in total. The molecule has 1 aromatic heterocycles. The second kappa shape index (κ2) is 6.05. The fraction of sp³-hybridized carbons (Fsp3) is 0.733. The molecule has 0 spiro atoms. The maximum absolute atomic E-state index is 12.8. The lowest BCUT2D eigenvalue weighted by molar-refractivity contribution is -0.0754. The number of carbonyl (C=O) groups is 1. The summed E-state index contributed by atoms with van der Waals surface area (Å²) in [7, 11) is 0. The fourth-order valence-electron chi connectivity index (χ4n) is 3.48. The summed E-state index contributed by atoms with van der Waals surface area (Å²) in [5.41, 5.74) is 7.86. The van der Waals surface area contributed by atoms with E-state index >= 15 is 0 Å². The molecular formula is C15H24N4O2. The number of anilines is 1. The number of carbonyl (C=O) groups excluding carboxylic acids is 1. The van der Waals surface area contributed by atoms with Crippen LogP contribution in [0.3, 0.4) is 0 Å². The van der Waals surface area contributed by atoms with Gasteiger partial charge < -0.3 is 15.4 Å². The lowest BCUT2D eigenvalue weighted by Crippen LogP contribution is -2.55. The largest absolute Gasteiger partial charge is 0.395 e. The van der Waals surface area contributed by atoms with Crippen molar-refractivity contribution in [3.05, 3.63) is 11.4 Å². The lowest BCUT2D eigenvalue weighted by Gasteiger charge is -2.43. The number of nitrogens with one attached hydrogen (secondary N) is 1. The molecule has 1 saturated heterocycles. The number of amides is 1. The van der Waals surface area contributed by atoms with Gasteiger partial charge in [0.15, 0.2) is 5.69 Å². The summed E-state index contributed by atoms with van der Waals surface area (Å²) in [4.78, 5) is 14.7. The van der Waals surface area contributed by atoms with Gasteiger partial charge >= 0.3 is 0 Å².